The van der Waals surface area contributed by atoms with Crippen molar-refractivity contribution >= 4 is 45.2 Å². The van der Waals surface area contributed by atoms with Gasteiger partial charge in [0.25, 0.3) is 0 Å². The van der Waals surface area contributed by atoms with Crippen LogP contribution in [0.5, 0.6) is 0 Å². The highest BCUT2D eigenvalue weighted by Gasteiger charge is 2.40. The quantitative estimate of drug-likeness (QED) is 0.315. The van der Waals surface area contributed by atoms with Crippen molar-refractivity contribution in [3.63, 3.8) is 0 Å². The van der Waals surface area contributed by atoms with E-state index in [-0.39, 0.29) is 47.0 Å². The lowest BCUT2D eigenvalue weighted by Crippen LogP contribution is -2.48. The number of piperidine rings is 1. The predicted octanol–water partition coefficient (Wildman–Crippen LogP) is 6.01. The van der Waals surface area contributed by atoms with Gasteiger partial charge in [0.1, 0.15) is 17.4 Å². The summed E-state index contributed by atoms with van der Waals surface area (Å²) in [6.45, 7) is 1.96. The van der Waals surface area contributed by atoms with Gasteiger partial charge in [-0.05, 0) is 56.0 Å². The van der Waals surface area contributed by atoms with Crippen molar-refractivity contribution in [1.29, 1.82) is 0 Å². The second-order valence-electron chi connectivity index (χ2n) is 9.70. The molecule has 1 saturated carbocycles. The molecule has 39 heavy (non-hydrogen) atoms. The zero-order valence-corrected chi connectivity index (χ0v) is 23.3. The number of carbonyl (C=O) groups excluding carboxylic acids is 1. The zero-order chi connectivity index (χ0) is 27.9. The van der Waals surface area contributed by atoms with Crippen LogP contribution in [0.2, 0.25) is 10.0 Å². The summed E-state index contributed by atoms with van der Waals surface area (Å²) < 4.78 is 39.7. The molecule has 1 aromatic heterocycles. The molecule has 9 nitrogen and oxygen atoms in total. The first kappa shape index (κ1) is 27.6. The number of hydrogen-bond acceptors (Lipinski definition) is 7. The number of rotatable bonds is 8. The molecule has 2 atom stereocenters. The highest BCUT2D eigenvalue weighted by Crippen LogP contribution is 2.46. The van der Waals surface area contributed by atoms with Crippen molar-refractivity contribution in [2.24, 2.45) is 0 Å². The van der Waals surface area contributed by atoms with E-state index in [0.29, 0.717) is 27.8 Å². The van der Waals surface area contributed by atoms with E-state index in [1.165, 1.54) is 22.5 Å². The van der Waals surface area contributed by atoms with Gasteiger partial charge in [-0.2, -0.15) is 4.31 Å². The van der Waals surface area contributed by atoms with Crippen molar-refractivity contribution in [2.45, 2.75) is 62.0 Å². The van der Waals surface area contributed by atoms with Gasteiger partial charge in [-0.15, -0.1) is 0 Å². The van der Waals surface area contributed by atoms with E-state index < -0.39 is 34.1 Å². The average Bonchev–Trinajstić information content (AvgIpc) is 3.67. The van der Waals surface area contributed by atoms with Gasteiger partial charge < -0.3 is 14.4 Å². The Labute approximate surface area is 235 Å². The molecule has 0 amide bonds. The molecule has 206 valence electrons. The largest absolute Gasteiger partial charge is 0.478 e. The number of carbonyl (C=O) groups is 2. The highest BCUT2D eigenvalue weighted by molar-refractivity contribution is 7.89. The van der Waals surface area contributed by atoms with Crippen LogP contribution in [0.4, 0.5) is 0 Å². The van der Waals surface area contributed by atoms with E-state index in [1.54, 1.807) is 18.2 Å². The molecule has 2 fully saturated rings. The number of sulfonamides is 1. The van der Waals surface area contributed by atoms with Gasteiger partial charge in [0, 0.05) is 30.5 Å². The summed E-state index contributed by atoms with van der Waals surface area (Å²) in [4.78, 5) is 24.8. The lowest BCUT2D eigenvalue weighted by atomic mass is 9.99. The molecular formula is C27H26Cl2N2O7S. The third-order valence-electron chi connectivity index (χ3n) is 7.12. The molecule has 1 N–H and O–H groups in total. The fourth-order valence-corrected chi connectivity index (χ4v) is 7.29. The topological polar surface area (TPSA) is 127 Å². The van der Waals surface area contributed by atoms with E-state index >= 15 is 0 Å². The van der Waals surface area contributed by atoms with E-state index in [9.17, 15) is 23.1 Å². The van der Waals surface area contributed by atoms with Gasteiger partial charge in [0.15, 0.2) is 5.76 Å². The molecule has 1 saturated heterocycles. The number of aromatic carboxylic acids is 1. The molecular weight excluding hydrogens is 567 g/mol. The molecule has 0 radical (unpaired) electrons. The van der Waals surface area contributed by atoms with Gasteiger partial charge in [-0.25, -0.2) is 18.0 Å². The summed E-state index contributed by atoms with van der Waals surface area (Å²) in [7, 11) is -3.96. The number of halogens is 2. The van der Waals surface area contributed by atoms with Crippen molar-refractivity contribution in [3.8, 4) is 11.3 Å². The maximum atomic E-state index is 13.5. The third-order valence-corrected chi connectivity index (χ3v) is 9.69. The van der Waals surface area contributed by atoms with Crippen LogP contribution in [0, 0.1) is 0 Å². The average molecular weight is 593 g/mol. The Hall–Kier alpha value is -2.92. The van der Waals surface area contributed by atoms with Crippen molar-refractivity contribution < 1.29 is 32.4 Å². The van der Waals surface area contributed by atoms with Crippen LogP contribution in [0.3, 0.4) is 0 Å². The molecule has 5 rings (SSSR count). The molecule has 2 heterocycles. The van der Waals surface area contributed by atoms with E-state index in [2.05, 4.69) is 5.16 Å². The minimum atomic E-state index is -3.96. The molecule has 1 aliphatic heterocycles. The maximum absolute atomic E-state index is 13.5. The minimum absolute atomic E-state index is 0.0620. The Morgan fingerprint density at radius 3 is 2.46 bits per heavy atom. The summed E-state index contributed by atoms with van der Waals surface area (Å²) in [6.07, 6.45) is 2.21. The Morgan fingerprint density at radius 1 is 1.13 bits per heavy atom. The highest BCUT2D eigenvalue weighted by atomic mass is 35.5. The van der Waals surface area contributed by atoms with E-state index in [1.807, 2.05) is 6.92 Å². The first-order valence-corrected chi connectivity index (χ1v) is 14.8. The van der Waals surface area contributed by atoms with Crippen LogP contribution < -0.4 is 0 Å². The number of hydrogen-bond donors (Lipinski definition) is 1. The first-order chi connectivity index (χ1) is 18.6. The first-order valence-electron chi connectivity index (χ1n) is 12.6. The van der Waals surface area contributed by atoms with Gasteiger partial charge in [-0.1, -0.05) is 47.4 Å². The SMILES string of the molecule is CC[C@@H]1C[C@H](OC(=O)c2c(-c3c(Cl)cccc3Cl)noc2C2CC2)CCN1S(=O)(=O)c1cccc(C(=O)O)c1. The second-order valence-corrected chi connectivity index (χ2v) is 12.4. The van der Waals surface area contributed by atoms with Crippen LogP contribution in [0.25, 0.3) is 11.3 Å². The number of carboxylic acids is 1. The molecule has 2 aliphatic rings. The van der Waals surface area contributed by atoms with Crippen molar-refractivity contribution in [2.75, 3.05) is 6.54 Å². The normalized spacial score (nSPS) is 20.1. The van der Waals surface area contributed by atoms with Gasteiger partial charge >= 0.3 is 11.9 Å². The number of benzene rings is 2. The van der Waals surface area contributed by atoms with Gasteiger partial charge in [-0.3, -0.25) is 0 Å². The molecule has 0 bridgehead atoms. The van der Waals surface area contributed by atoms with Gasteiger partial charge in [0.05, 0.1) is 20.5 Å². The lowest BCUT2D eigenvalue weighted by Gasteiger charge is -2.37. The summed E-state index contributed by atoms with van der Waals surface area (Å²) >= 11 is 12.8. The summed E-state index contributed by atoms with van der Waals surface area (Å²) in [6, 6.07) is 9.84. The molecule has 3 aromatic rings. The summed E-state index contributed by atoms with van der Waals surface area (Å²) in [5.41, 5.74) is 0.700. The van der Waals surface area contributed by atoms with Crippen molar-refractivity contribution in [1.82, 2.24) is 9.46 Å². The van der Waals surface area contributed by atoms with E-state index in [0.717, 1.165) is 18.9 Å². The number of carboxylic acid groups (broad SMARTS) is 1. The molecule has 0 unspecified atom stereocenters. The Morgan fingerprint density at radius 2 is 1.82 bits per heavy atom. The zero-order valence-electron chi connectivity index (χ0n) is 21.0. The van der Waals surface area contributed by atoms with Crippen LogP contribution in [-0.2, 0) is 14.8 Å². The smallest absolute Gasteiger partial charge is 0.344 e. The van der Waals surface area contributed by atoms with Crippen LogP contribution in [0.1, 0.15) is 71.4 Å². The van der Waals surface area contributed by atoms with Crippen LogP contribution in [-0.4, -0.2) is 53.6 Å². The summed E-state index contributed by atoms with van der Waals surface area (Å²) in [5, 5.41) is 14.1. The number of ether oxygens (including phenoxy) is 1. The number of esters is 1. The lowest BCUT2D eigenvalue weighted by molar-refractivity contribution is 0.00943. The third kappa shape index (κ3) is 5.43. The fourth-order valence-electron chi connectivity index (χ4n) is 4.94. The monoisotopic (exact) mass is 592 g/mol. The van der Waals surface area contributed by atoms with Crippen molar-refractivity contribution in [3.05, 3.63) is 69.4 Å². The Balaban J connectivity index is 1.38. The minimum Gasteiger partial charge on any atom is -0.478 e. The standard InChI is InChI=1S/C27H26Cl2N2O7S/c1-2-17-14-18(11-12-31(17)39(35,36)19-6-3-5-16(13-19)26(32)33)37-27(34)23-24(30-38-25(23)15-9-10-15)22-20(28)7-4-8-21(22)29/h3-8,13,15,17-18H,2,9-12,14H2,1H3,(H,32,33)/t17-,18-/m1/s1. The number of nitrogens with zero attached hydrogens (tertiary/aromatic N) is 2. The molecule has 2 aromatic carbocycles. The van der Waals surface area contributed by atoms with Crippen LogP contribution in [0.15, 0.2) is 51.9 Å². The van der Waals surface area contributed by atoms with Crippen LogP contribution >= 0.6 is 23.2 Å². The maximum Gasteiger partial charge on any atom is 0.344 e. The number of aromatic nitrogens is 1. The Kier molecular flexibility index (Phi) is 7.74. The van der Waals surface area contributed by atoms with Gasteiger partial charge in [0.2, 0.25) is 10.0 Å². The molecule has 1 aliphatic carbocycles. The fraction of sp³-hybridized carbons (Fsp3) is 0.370. The van der Waals surface area contributed by atoms with E-state index in [4.69, 9.17) is 32.5 Å². The molecule has 12 heteroatoms. The predicted molar refractivity (Wildman–Crippen MR) is 144 cm³/mol. The molecule has 0 spiro atoms. The Bertz CT molecular complexity index is 1510. The summed E-state index contributed by atoms with van der Waals surface area (Å²) in [5.74, 6) is -1.32. The second kappa shape index (κ2) is 10.9.